The maximum absolute atomic E-state index is 12.6. The molecule has 0 bridgehead atoms. The first kappa shape index (κ1) is 19.2. The van der Waals surface area contributed by atoms with Crippen LogP contribution in [-0.2, 0) is 20.6 Å². The summed E-state index contributed by atoms with van der Waals surface area (Å²) in [5.41, 5.74) is 2.13. The summed E-state index contributed by atoms with van der Waals surface area (Å²) < 4.78 is 26.7. The molecule has 0 atom stereocenters. The lowest BCUT2D eigenvalue weighted by Crippen LogP contribution is -2.41. The molecule has 2 aromatic rings. The minimum Gasteiger partial charge on any atom is -0.326 e. The molecule has 0 unspecified atom stereocenters. The number of benzene rings is 2. The Hall–Kier alpha value is -2.62. The molecular weight excluding hydrogens is 360 g/mol. The standard InChI is InChI=1S/C21H22N2O3S/c1-2-17-9-6-10-20(15-17)22-21(24)19-11-13-23(14-12-19)27(25,26)16-18-7-4-3-5-8-18/h1,3-10,15,19H,11-14,16H2,(H,22,24). The van der Waals surface area contributed by atoms with E-state index < -0.39 is 10.0 Å². The van der Waals surface area contributed by atoms with Crippen LogP contribution in [0.2, 0.25) is 0 Å². The Labute approximate surface area is 160 Å². The van der Waals surface area contributed by atoms with Gasteiger partial charge in [0, 0.05) is 30.3 Å². The van der Waals surface area contributed by atoms with Crippen molar-refractivity contribution in [1.82, 2.24) is 4.31 Å². The molecule has 0 aromatic heterocycles. The Bertz CT molecular complexity index is 941. The fourth-order valence-electron chi connectivity index (χ4n) is 3.20. The third-order valence-corrected chi connectivity index (χ3v) is 6.56. The van der Waals surface area contributed by atoms with Gasteiger partial charge in [-0.05, 0) is 36.6 Å². The van der Waals surface area contributed by atoms with Gasteiger partial charge in [0.05, 0.1) is 5.75 Å². The fraction of sp³-hybridized carbons (Fsp3) is 0.286. The molecule has 1 saturated heterocycles. The second-order valence-corrected chi connectivity index (χ2v) is 8.60. The zero-order chi connectivity index (χ0) is 19.3. The first-order chi connectivity index (χ1) is 13.0. The van der Waals surface area contributed by atoms with E-state index in [0.717, 1.165) is 5.56 Å². The summed E-state index contributed by atoms with van der Waals surface area (Å²) >= 11 is 0. The van der Waals surface area contributed by atoms with Gasteiger partial charge < -0.3 is 5.32 Å². The highest BCUT2D eigenvalue weighted by Gasteiger charge is 2.31. The van der Waals surface area contributed by atoms with Gasteiger partial charge in [-0.25, -0.2) is 12.7 Å². The highest BCUT2D eigenvalue weighted by atomic mass is 32.2. The monoisotopic (exact) mass is 382 g/mol. The van der Waals surface area contributed by atoms with Crippen molar-refractivity contribution >= 4 is 21.6 Å². The topological polar surface area (TPSA) is 66.5 Å². The number of hydrogen-bond donors (Lipinski definition) is 1. The highest BCUT2D eigenvalue weighted by Crippen LogP contribution is 2.23. The number of carbonyl (C=O) groups is 1. The SMILES string of the molecule is C#Cc1cccc(NC(=O)C2CCN(S(=O)(=O)Cc3ccccc3)CC2)c1. The second kappa shape index (κ2) is 8.38. The predicted octanol–water partition coefficient (Wildman–Crippen LogP) is 2.85. The van der Waals surface area contributed by atoms with Crippen molar-refractivity contribution in [2.75, 3.05) is 18.4 Å². The molecule has 6 heteroatoms. The largest absolute Gasteiger partial charge is 0.326 e. The van der Waals surface area contributed by atoms with Crippen molar-refractivity contribution in [1.29, 1.82) is 0 Å². The van der Waals surface area contributed by atoms with Crippen molar-refractivity contribution in [2.24, 2.45) is 5.92 Å². The molecule has 1 N–H and O–H groups in total. The van der Waals surface area contributed by atoms with Gasteiger partial charge in [0.1, 0.15) is 0 Å². The first-order valence-electron chi connectivity index (χ1n) is 8.87. The van der Waals surface area contributed by atoms with Gasteiger partial charge in [0.25, 0.3) is 0 Å². The lowest BCUT2D eigenvalue weighted by molar-refractivity contribution is -0.120. The van der Waals surface area contributed by atoms with Gasteiger partial charge in [-0.1, -0.05) is 42.3 Å². The van der Waals surface area contributed by atoms with Crippen molar-refractivity contribution in [3.8, 4) is 12.3 Å². The molecule has 1 heterocycles. The molecule has 3 rings (SSSR count). The summed E-state index contributed by atoms with van der Waals surface area (Å²) in [5, 5.41) is 2.88. The summed E-state index contributed by atoms with van der Waals surface area (Å²) in [6.45, 7) is 0.718. The van der Waals surface area contributed by atoms with Gasteiger partial charge in [0.15, 0.2) is 0 Å². The number of terminal acetylenes is 1. The first-order valence-corrected chi connectivity index (χ1v) is 10.5. The summed E-state index contributed by atoms with van der Waals surface area (Å²) in [7, 11) is -3.37. The molecule has 0 radical (unpaired) electrons. The molecule has 2 aromatic carbocycles. The van der Waals surface area contributed by atoms with Crippen LogP contribution >= 0.6 is 0 Å². The smallest absolute Gasteiger partial charge is 0.227 e. The molecule has 1 amide bonds. The van der Waals surface area contributed by atoms with E-state index in [2.05, 4.69) is 11.2 Å². The number of nitrogens with one attached hydrogen (secondary N) is 1. The molecule has 140 valence electrons. The molecule has 1 aliphatic rings. The summed E-state index contributed by atoms with van der Waals surface area (Å²) in [4.78, 5) is 12.5. The third kappa shape index (κ3) is 4.97. The Kier molecular flexibility index (Phi) is 5.94. The number of piperidine rings is 1. The Morgan fingerprint density at radius 3 is 2.48 bits per heavy atom. The van der Waals surface area contributed by atoms with Gasteiger partial charge in [-0.3, -0.25) is 4.79 Å². The van der Waals surface area contributed by atoms with Crippen molar-refractivity contribution in [3.63, 3.8) is 0 Å². The Morgan fingerprint density at radius 2 is 1.81 bits per heavy atom. The number of hydrogen-bond acceptors (Lipinski definition) is 3. The predicted molar refractivity (Wildman–Crippen MR) is 106 cm³/mol. The number of rotatable bonds is 5. The van der Waals surface area contributed by atoms with Gasteiger partial charge in [-0.15, -0.1) is 6.42 Å². The molecule has 1 aliphatic heterocycles. The van der Waals surface area contributed by atoms with Crippen molar-refractivity contribution < 1.29 is 13.2 Å². The fourth-order valence-corrected chi connectivity index (χ4v) is 4.77. The number of nitrogens with zero attached hydrogens (tertiary/aromatic N) is 1. The van der Waals surface area contributed by atoms with E-state index in [1.807, 2.05) is 30.3 Å². The van der Waals surface area contributed by atoms with Crippen LogP contribution in [0.15, 0.2) is 54.6 Å². The molecule has 0 aliphatic carbocycles. The number of carbonyl (C=O) groups excluding carboxylic acids is 1. The second-order valence-electron chi connectivity index (χ2n) is 6.63. The van der Waals surface area contributed by atoms with E-state index in [1.54, 1.807) is 24.3 Å². The van der Waals surface area contributed by atoms with Crippen LogP contribution in [0.25, 0.3) is 0 Å². The van der Waals surface area contributed by atoms with E-state index >= 15 is 0 Å². The zero-order valence-corrected chi connectivity index (χ0v) is 15.8. The van der Waals surface area contributed by atoms with E-state index in [1.165, 1.54) is 4.31 Å². The minimum atomic E-state index is -3.37. The van der Waals surface area contributed by atoms with Crippen LogP contribution in [0.3, 0.4) is 0 Å². The number of amides is 1. The van der Waals surface area contributed by atoms with Crippen LogP contribution in [0.5, 0.6) is 0 Å². The summed E-state index contributed by atoms with van der Waals surface area (Å²) in [6, 6.07) is 16.3. The Morgan fingerprint density at radius 1 is 1.11 bits per heavy atom. The maximum atomic E-state index is 12.6. The van der Waals surface area contributed by atoms with Gasteiger partial charge in [0.2, 0.25) is 15.9 Å². The summed E-state index contributed by atoms with van der Waals surface area (Å²) in [6.07, 6.45) is 6.40. The highest BCUT2D eigenvalue weighted by molar-refractivity contribution is 7.88. The van der Waals surface area contributed by atoms with E-state index in [4.69, 9.17) is 6.42 Å². The zero-order valence-electron chi connectivity index (χ0n) is 15.0. The number of anilines is 1. The molecule has 27 heavy (non-hydrogen) atoms. The molecule has 0 saturated carbocycles. The summed E-state index contributed by atoms with van der Waals surface area (Å²) in [5.74, 6) is 2.23. The molecular formula is C21H22N2O3S. The van der Waals surface area contributed by atoms with Crippen LogP contribution < -0.4 is 5.32 Å². The van der Waals surface area contributed by atoms with Gasteiger partial charge in [-0.2, -0.15) is 0 Å². The van der Waals surface area contributed by atoms with Crippen molar-refractivity contribution in [3.05, 3.63) is 65.7 Å². The minimum absolute atomic E-state index is 0.0103. The van der Waals surface area contributed by atoms with Crippen molar-refractivity contribution in [2.45, 2.75) is 18.6 Å². The molecule has 0 spiro atoms. The molecule has 1 fully saturated rings. The normalized spacial score (nSPS) is 15.8. The number of sulfonamides is 1. The van der Waals surface area contributed by atoms with E-state index in [-0.39, 0.29) is 17.6 Å². The lowest BCUT2D eigenvalue weighted by Gasteiger charge is -2.30. The molecule has 5 nitrogen and oxygen atoms in total. The van der Waals surface area contributed by atoms with E-state index in [9.17, 15) is 13.2 Å². The van der Waals surface area contributed by atoms with E-state index in [0.29, 0.717) is 37.2 Å². The van der Waals surface area contributed by atoms with Crippen LogP contribution in [-0.4, -0.2) is 31.7 Å². The lowest BCUT2D eigenvalue weighted by atomic mass is 9.97. The average molecular weight is 382 g/mol. The van der Waals surface area contributed by atoms with Crippen LogP contribution in [0, 0.1) is 18.3 Å². The van der Waals surface area contributed by atoms with Crippen LogP contribution in [0.4, 0.5) is 5.69 Å². The average Bonchev–Trinajstić information content (AvgIpc) is 2.68. The third-order valence-electron chi connectivity index (χ3n) is 4.71. The maximum Gasteiger partial charge on any atom is 0.227 e. The van der Waals surface area contributed by atoms with Crippen LogP contribution in [0.1, 0.15) is 24.0 Å². The quantitative estimate of drug-likeness (QED) is 0.809. The Balaban J connectivity index is 1.56. The van der Waals surface area contributed by atoms with Gasteiger partial charge >= 0.3 is 0 Å².